The summed E-state index contributed by atoms with van der Waals surface area (Å²) < 4.78 is 16.4. The molecule has 1 aromatic carbocycles. The third kappa shape index (κ3) is 1.78. The summed E-state index contributed by atoms with van der Waals surface area (Å²) in [6.07, 6.45) is 1.09. The Bertz CT molecular complexity index is 658. The zero-order valence-electron chi connectivity index (χ0n) is 10.5. The van der Waals surface area contributed by atoms with E-state index in [0.717, 1.165) is 30.5 Å². The topological polar surface area (TPSA) is 24.0 Å². The summed E-state index contributed by atoms with van der Waals surface area (Å²) in [5.74, 6) is -0.186. The number of aromatic nitrogens is 2. The summed E-state index contributed by atoms with van der Waals surface area (Å²) in [6.45, 7) is 3.87. The first kappa shape index (κ1) is 11.9. The molecule has 2 aromatic rings. The number of nitrogens with zero attached hydrogens (tertiary/aromatic N) is 2. The van der Waals surface area contributed by atoms with Gasteiger partial charge in [0.25, 0.3) is 0 Å². The Morgan fingerprint density at radius 1 is 1.44 bits per heavy atom. The molecular formula is C13H16FN3S. The van der Waals surface area contributed by atoms with Crippen LogP contribution < -0.4 is 0 Å². The van der Waals surface area contributed by atoms with Gasteiger partial charge in [0.05, 0.1) is 17.1 Å². The van der Waals surface area contributed by atoms with Gasteiger partial charge in [0.2, 0.25) is 0 Å². The van der Waals surface area contributed by atoms with E-state index in [4.69, 9.17) is 12.2 Å². The number of imidazole rings is 1. The number of likely N-dealkylation sites (N-methyl/N-ethyl adjacent to an activating group) is 1. The van der Waals surface area contributed by atoms with Crippen LogP contribution in [-0.4, -0.2) is 34.6 Å². The van der Waals surface area contributed by atoms with Crippen LogP contribution in [-0.2, 0) is 0 Å². The molecule has 0 aliphatic carbocycles. The first-order valence-electron chi connectivity index (χ1n) is 6.15. The maximum Gasteiger partial charge on any atom is 0.178 e. The monoisotopic (exact) mass is 265 g/mol. The lowest BCUT2D eigenvalue weighted by molar-refractivity contribution is 0.394. The second kappa shape index (κ2) is 4.17. The smallest absolute Gasteiger partial charge is 0.178 e. The van der Waals surface area contributed by atoms with E-state index in [-0.39, 0.29) is 5.82 Å². The normalized spacial score (nSPS) is 20.9. The second-order valence-corrected chi connectivity index (χ2v) is 5.51. The second-order valence-electron chi connectivity index (χ2n) is 5.12. The number of halogens is 1. The maximum atomic E-state index is 13.6. The van der Waals surface area contributed by atoms with Crippen LogP contribution in [0.5, 0.6) is 0 Å². The average Bonchev–Trinajstić information content (AvgIpc) is 2.83. The van der Waals surface area contributed by atoms with Crippen LogP contribution in [0.4, 0.5) is 4.39 Å². The van der Waals surface area contributed by atoms with Gasteiger partial charge in [-0.15, -0.1) is 0 Å². The number of rotatable bonds is 1. The van der Waals surface area contributed by atoms with Crippen LogP contribution in [0.1, 0.15) is 18.0 Å². The number of aryl methyl sites for hydroxylation is 1. The van der Waals surface area contributed by atoms with Gasteiger partial charge in [0, 0.05) is 6.54 Å². The fourth-order valence-corrected chi connectivity index (χ4v) is 3.09. The third-order valence-electron chi connectivity index (χ3n) is 3.73. The summed E-state index contributed by atoms with van der Waals surface area (Å²) in [6, 6.07) is 3.81. The van der Waals surface area contributed by atoms with Crippen LogP contribution in [0.3, 0.4) is 0 Å². The van der Waals surface area contributed by atoms with Crippen molar-refractivity contribution in [2.45, 2.75) is 19.4 Å². The minimum atomic E-state index is -0.186. The highest BCUT2D eigenvalue weighted by Crippen LogP contribution is 2.27. The Balaban J connectivity index is 2.19. The molecule has 0 radical (unpaired) electrons. The van der Waals surface area contributed by atoms with Crippen LogP contribution in [0.2, 0.25) is 0 Å². The van der Waals surface area contributed by atoms with E-state index in [2.05, 4.69) is 21.5 Å². The SMILES string of the molecule is Cc1cc2c(cc1F)[nH]c(=S)n2C1CCN(C)C1. The van der Waals surface area contributed by atoms with Gasteiger partial charge in [0.15, 0.2) is 4.77 Å². The van der Waals surface area contributed by atoms with Crippen LogP contribution in [0.25, 0.3) is 11.0 Å². The minimum Gasteiger partial charge on any atom is -0.330 e. The number of nitrogens with one attached hydrogen (secondary N) is 1. The molecular weight excluding hydrogens is 249 g/mol. The van der Waals surface area contributed by atoms with Crippen molar-refractivity contribution in [2.24, 2.45) is 0 Å². The highest BCUT2D eigenvalue weighted by molar-refractivity contribution is 7.71. The number of hydrogen-bond donors (Lipinski definition) is 1. The molecule has 1 aromatic heterocycles. The van der Waals surface area contributed by atoms with Gasteiger partial charge in [-0.05, 0) is 56.9 Å². The van der Waals surface area contributed by atoms with Crippen molar-refractivity contribution in [2.75, 3.05) is 20.1 Å². The van der Waals surface area contributed by atoms with Crippen LogP contribution in [0, 0.1) is 17.5 Å². The van der Waals surface area contributed by atoms with E-state index in [1.165, 1.54) is 6.07 Å². The molecule has 1 aliphatic heterocycles. The van der Waals surface area contributed by atoms with E-state index in [1.54, 1.807) is 6.92 Å². The maximum absolute atomic E-state index is 13.6. The van der Waals surface area contributed by atoms with Crippen molar-refractivity contribution >= 4 is 23.3 Å². The van der Waals surface area contributed by atoms with Crippen LogP contribution >= 0.6 is 12.2 Å². The van der Waals surface area contributed by atoms with E-state index in [1.807, 2.05) is 6.07 Å². The number of likely N-dealkylation sites (tertiary alicyclic amines) is 1. The van der Waals surface area contributed by atoms with Gasteiger partial charge >= 0.3 is 0 Å². The number of H-pyrrole nitrogens is 1. The predicted octanol–water partition coefficient (Wildman–Crippen LogP) is 3.02. The molecule has 1 saturated heterocycles. The summed E-state index contributed by atoms with van der Waals surface area (Å²) in [5, 5.41) is 0. The van der Waals surface area contributed by atoms with Gasteiger partial charge in [0.1, 0.15) is 5.82 Å². The quantitative estimate of drug-likeness (QED) is 0.801. The molecule has 1 unspecified atom stereocenters. The van der Waals surface area contributed by atoms with E-state index >= 15 is 0 Å². The molecule has 0 spiro atoms. The van der Waals surface area contributed by atoms with Crippen molar-refractivity contribution < 1.29 is 4.39 Å². The van der Waals surface area contributed by atoms with Crippen molar-refractivity contribution in [1.29, 1.82) is 0 Å². The fourth-order valence-electron chi connectivity index (χ4n) is 2.74. The summed E-state index contributed by atoms with van der Waals surface area (Å²) in [4.78, 5) is 5.40. The fraction of sp³-hybridized carbons (Fsp3) is 0.462. The Morgan fingerprint density at radius 3 is 2.89 bits per heavy atom. The average molecular weight is 265 g/mol. The highest BCUT2D eigenvalue weighted by atomic mass is 32.1. The van der Waals surface area contributed by atoms with Crippen molar-refractivity contribution in [3.63, 3.8) is 0 Å². The molecule has 96 valence electrons. The summed E-state index contributed by atoms with van der Waals surface area (Å²) in [5.41, 5.74) is 2.47. The molecule has 1 atom stereocenters. The number of benzene rings is 1. The van der Waals surface area contributed by atoms with Gasteiger partial charge in [-0.25, -0.2) is 4.39 Å². The summed E-state index contributed by atoms with van der Waals surface area (Å²) in [7, 11) is 2.11. The molecule has 3 rings (SSSR count). The van der Waals surface area contributed by atoms with Crippen molar-refractivity contribution in [3.05, 3.63) is 28.3 Å². The Morgan fingerprint density at radius 2 is 2.22 bits per heavy atom. The zero-order valence-corrected chi connectivity index (χ0v) is 11.4. The van der Waals surface area contributed by atoms with E-state index < -0.39 is 0 Å². The third-order valence-corrected chi connectivity index (χ3v) is 4.03. The molecule has 1 aliphatic rings. The first-order chi connectivity index (χ1) is 8.56. The molecule has 0 saturated carbocycles. The van der Waals surface area contributed by atoms with Crippen molar-refractivity contribution in [3.8, 4) is 0 Å². The molecule has 1 N–H and O–H groups in total. The minimum absolute atomic E-state index is 0.186. The lowest BCUT2D eigenvalue weighted by Crippen LogP contribution is -2.16. The first-order valence-corrected chi connectivity index (χ1v) is 6.56. The predicted molar refractivity (Wildman–Crippen MR) is 73.0 cm³/mol. The zero-order chi connectivity index (χ0) is 12.9. The summed E-state index contributed by atoms with van der Waals surface area (Å²) >= 11 is 5.38. The van der Waals surface area contributed by atoms with Gasteiger partial charge in [-0.3, -0.25) is 0 Å². The Hall–Kier alpha value is -1.20. The van der Waals surface area contributed by atoms with Crippen LogP contribution in [0.15, 0.2) is 12.1 Å². The standard InChI is InChI=1S/C13H16FN3S/c1-8-5-12-11(6-10(8)14)15-13(18)17(12)9-3-4-16(2)7-9/h5-6,9H,3-4,7H2,1-2H3,(H,15,18). The Kier molecular flexibility index (Phi) is 2.75. The van der Waals surface area contributed by atoms with E-state index in [0.29, 0.717) is 16.4 Å². The van der Waals surface area contributed by atoms with Gasteiger partial charge in [-0.2, -0.15) is 0 Å². The largest absolute Gasteiger partial charge is 0.330 e. The molecule has 18 heavy (non-hydrogen) atoms. The lowest BCUT2D eigenvalue weighted by Gasteiger charge is -2.13. The molecule has 0 bridgehead atoms. The number of fused-ring (bicyclic) bond motifs is 1. The molecule has 5 heteroatoms. The number of hydrogen-bond acceptors (Lipinski definition) is 2. The van der Waals surface area contributed by atoms with E-state index in [9.17, 15) is 4.39 Å². The van der Waals surface area contributed by atoms with Gasteiger partial charge < -0.3 is 14.5 Å². The van der Waals surface area contributed by atoms with Gasteiger partial charge in [-0.1, -0.05) is 0 Å². The highest BCUT2D eigenvalue weighted by Gasteiger charge is 2.23. The number of aromatic amines is 1. The lowest BCUT2D eigenvalue weighted by atomic mass is 10.2. The molecule has 1 fully saturated rings. The van der Waals surface area contributed by atoms with Crippen molar-refractivity contribution in [1.82, 2.24) is 14.5 Å². The molecule has 3 nitrogen and oxygen atoms in total. The molecule has 2 heterocycles. The Labute approximate surface area is 110 Å². The molecule has 0 amide bonds.